The standard InChI is InChI=1S/C17H14BrFOS/c1-2-20-14-7-4-11(5-8-14)17(18)16-9-12-3-6-13(19)10-15(12)21-16/h3-10,17H,2H2,1H3. The van der Waals surface area contributed by atoms with Gasteiger partial charge in [-0.05, 0) is 48.2 Å². The van der Waals surface area contributed by atoms with E-state index in [1.54, 1.807) is 17.4 Å². The van der Waals surface area contributed by atoms with Gasteiger partial charge in [0.1, 0.15) is 11.6 Å². The third-order valence-electron chi connectivity index (χ3n) is 3.23. The second-order valence-corrected chi connectivity index (χ2v) is 6.73. The van der Waals surface area contributed by atoms with E-state index in [1.807, 2.05) is 25.1 Å². The van der Waals surface area contributed by atoms with Gasteiger partial charge in [0.25, 0.3) is 0 Å². The van der Waals surface area contributed by atoms with Gasteiger partial charge in [-0.15, -0.1) is 11.3 Å². The molecule has 0 spiro atoms. The lowest BCUT2D eigenvalue weighted by atomic mass is 10.1. The van der Waals surface area contributed by atoms with Crippen molar-refractivity contribution >= 4 is 37.4 Å². The molecular formula is C17H14BrFOS. The molecule has 2 aromatic carbocycles. The minimum absolute atomic E-state index is 0.105. The zero-order chi connectivity index (χ0) is 14.8. The predicted molar refractivity (Wildman–Crippen MR) is 90.2 cm³/mol. The number of halogens is 2. The van der Waals surface area contributed by atoms with Crippen molar-refractivity contribution in [1.29, 1.82) is 0 Å². The Balaban J connectivity index is 1.90. The molecule has 0 bridgehead atoms. The van der Waals surface area contributed by atoms with E-state index in [0.29, 0.717) is 6.61 Å². The summed E-state index contributed by atoms with van der Waals surface area (Å²) in [4.78, 5) is 1.27. The Bertz CT molecular complexity index is 751. The molecule has 1 unspecified atom stereocenters. The molecule has 0 saturated heterocycles. The van der Waals surface area contributed by atoms with Crippen LogP contribution in [0.4, 0.5) is 4.39 Å². The molecule has 0 aliphatic carbocycles. The minimum atomic E-state index is -0.192. The average molecular weight is 365 g/mol. The van der Waals surface area contributed by atoms with Crippen LogP contribution in [-0.2, 0) is 0 Å². The fraction of sp³-hybridized carbons (Fsp3) is 0.176. The van der Waals surface area contributed by atoms with Gasteiger partial charge in [-0.2, -0.15) is 0 Å². The number of ether oxygens (including phenoxy) is 1. The molecule has 3 aromatic rings. The zero-order valence-corrected chi connectivity index (χ0v) is 13.9. The average Bonchev–Trinajstić information content (AvgIpc) is 2.90. The van der Waals surface area contributed by atoms with E-state index >= 15 is 0 Å². The molecule has 21 heavy (non-hydrogen) atoms. The van der Waals surface area contributed by atoms with E-state index in [0.717, 1.165) is 21.4 Å². The van der Waals surface area contributed by atoms with Crippen LogP contribution in [0.3, 0.4) is 0 Å². The first kappa shape index (κ1) is 14.5. The molecule has 1 heterocycles. The van der Waals surface area contributed by atoms with Crippen LogP contribution in [0.2, 0.25) is 0 Å². The summed E-state index contributed by atoms with van der Waals surface area (Å²) in [5.41, 5.74) is 1.16. The van der Waals surface area contributed by atoms with Crippen molar-refractivity contribution in [2.75, 3.05) is 6.61 Å². The fourth-order valence-corrected chi connectivity index (χ4v) is 4.03. The predicted octanol–water partition coefficient (Wildman–Crippen LogP) is 5.92. The molecule has 0 fully saturated rings. The van der Waals surface area contributed by atoms with Crippen molar-refractivity contribution in [3.63, 3.8) is 0 Å². The Labute approximate surface area is 135 Å². The molecule has 1 nitrogen and oxygen atoms in total. The second-order valence-electron chi connectivity index (χ2n) is 4.70. The summed E-state index contributed by atoms with van der Waals surface area (Å²) in [5, 5.41) is 1.08. The highest BCUT2D eigenvalue weighted by Crippen LogP contribution is 2.38. The Hall–Kier alpha value is -1.39. The summed E-state index contributed by atoms with van der Waals surface area (Å²) < 4.78 is 19.7. The largest absolute Gasteiger partial charge is 0.494 e. The Morgan fingerprint density at radius 1 is 1.14 bits per heavy atom. The molecule has 0 amide bonds. The molecule has 1 aromatic heterocycles. The number of benzene rings is 2. The highest BCUT2D eigenvalue weighted by Gasteiger charge is 2.14. The number of thiophene rings is 1. The van der Waals surface area contributed by atoms with E-state index in [1.165, 1.54) is 10.9 Å². The topological polar surface area (TPSA) is 9.23 Å². The summed E-state index contributed by atoms with van der Waals surface area (Å²) in [6, 6.07) is 15.1. The molecule has 0 N–H and O–H groups in total. The number of fused-ring (bicyclic) bond motifs is 1. The first-order valence-electron chi connectivity index (χ1n) is 6.73. The van der Waals surface area contributed by atoms with E-state index in [2.05, 4.69) is 34.1 Å². The van der Waals surface area contributed by atoms with Crippen LogP contribution in [0.15, 0.2) is 48.5 Å². The minimum Gasteiger partial charge on any atom is -0.494 e. The van der Waals surface area contributed by atoms with Gasteiger partial charge in [0.2, 0.25) is 0 Å². The van der Waals surface area contributed by atoms with Gasteiger partial charge in [-0.1, -0.05) is 34.1 Å². The van der Waals surface area contributed by atoms with Crippen LogP contribution in [0.25, 0.3) is 10.1 Å². The number of alkyl halides is 1. The Morgan fingerprint density at radius 3 is 2.62 bits per heavy atom. The molecule has 108 valence electrons. The maximum absolute atomic E-state index is 13.3. The van der Waals surface area contributed by atoms with Crippen molar-refractivity contribution in [2.24, 2.45) is 0 Å². The first-order chi connectivity index (χ1) is 10.2. The summed E-state index contributed by atoms with van der Waals surface area (Å²) in [5.74, 6) is 0.683. The summed E-state index contributed by atoms with van der Waals surface area (Å²) in [7, 11) is 0. The van der Waals surface area contributed by atoms with Crippen LogP contribution >= 0.6 is 27.3 Å². The van der Waals surface area contributed by atoms with Crippen LogP contribution in [-0.4, -0.2) is 6.61 Å². The molecular weight excluding hydrogens is 351 g/mol. The first-order valence-corrected chi connectivity index (χ1v) is 8.46. The fourth-order valence-electron chi connectivity index (χ4n) is 2.21. The van der Waals surface area contributed by atoms with E-state index < -0.39 is 0 Å². The lowest BCUT2D eigenvalue weighted by molar-refractivity contribution is 0.340. The van der Waals surface area contributed by atoms with Crippen LogP contribution < -0.4 is 4.74 Å². The van der Waals surface area contributed by atoms with Crippen LogP contribution in [0.5, 0.6) is 5.75 Å². The monoisotopic (exact) mass is 364 g/mol. The van der Waals surface area contributed by atoms with Gasteiger partial charge >= 0.3 is 0 Å². The number of rotatable bonds is 4. The quantitative estimate of drug-likeness (QED) is 0.521. The highest BCUT2D eigenvalue weighted by atomic mass is 79.9. The van der Waals surface area contributed by atoms with Crippen molar-refractivity contribution in [3.8, 4) is 5.75 Å². The van der Waals surface area contributed by atoms with E-state index in [4.69, 9.17) is 4.74 Å². The van der Waals surface area contributed by atoms with Crippen molar-refractivity contribution < 1.29 is 9.13 Å². The summed E-state index contributed by atoms with van der Waals surface area (Å²) >= 11 is 5.34. The van der Waals surface area contributed by atoms with Crippen molar-refractivity contribution in [1.82, 2.24) is 0 Å². The van der Waals surface area contributed by atoms with Gasteiger partial charge in [0, 0.05) is 9.58 Å². The van der Waals surface area contributed by atoms with E-state index in [-0.39, 0.29) is 10.6 Å². The molecule has 0 saturated carbocycles. The van der Waals surface area contributed by atoms with E-state index in [9.17, 15) is 4.39 Å². The number of hydrogen-bond acceptors (Lipinski definition) is 2. The van der Waals surface area contributed by atoms with Crippen LogP contribution in [0, 0.1) is 5.82 Å². The van der Waals surface area contributed by atoms with Gasteiger partial charge < -0.3 is 4.74 Å². The molecule has 4 heteroatoms. The summed E-state index contributed by atoms with van der Waals surface area (Å²) in [6.45, 7) is 2.64. The third kappa shape index (κ3) is 3.11. The maximum Gasteiger partial charge on any atom is 0.124 e. The third-order valence-corrected chi connectivity index (χ3v) is 5.72. The maximum atomic E-state index is 13.3. The molecule has 0 aliphatic heterocycles. The Kier molecular flexibility index (Phi) is 4.27. The van der Waals surface area contributed by atoms with Crippen molar-refractivity contribution in [2.45, 2.75) is 11.8 Å². The molecule has 0 radical (unpaired) electrons. The van der Waals surface area contributed by atoms with Crippen LogP contribution in [0.1, 0.15) is 22.2 Å². The summed E-state index contributed by atoms with van der Waals surface area (Å²) in [6.07, 6.45) is 0. The normalized spacial score (nSPS) is 12.5. The van der Waals surface area contributed by atoms with Gasteiger partial charge in [0.05, 0.1) is 11.4 Å². The van der Waals surface area contributed by atoms with Crippen molar-refractivity contribution in [3.05, 3.63) is 64.8 Å². The molecule has 0 aliphatic rings. The zero-order valence-electron chi connectivity index (χ0n) is 11.5. The SMILES string of the molecule is CCOc1ccc(C(Br)c2cc3ccc(F)cc3s2)cc1. The Morgan fingerprint density at radius 2 is 1.90 bits per heavy atom. The van der Waals surface area contributed by atoms with Gasteiger partial charge in [-0.25, -0.2) is 4.39 Å². The number of hydrogen-bond donors (Lipinski definition) is 0. The second kappa shape index (κ2) is 6.16. The van der Waals surface area contributed by atoms with Gasteiger partial charge in [0.15, 0.2) is 0 Å². The lowest BCUT2D eigenvalue weighted by Crippen LogP contribution is -1.93. The lowest BCUT2D eigenvalue weighted by Gasteiger charge is -2.09. The highest BCUT2D eigenvalue weighted by molar-refractivity contribution is 9.09. The van der Waals surface area contributed by atoms with Gasteiger partial charge in [-0.3, -0.25) is 0 Å². The smallest absolute Gasteiger partial charge is 0.124 e. The molecule has 3 rings (SSSR count). The molecule has 1 atom stereocenters.